The number of aryl methyl sites for hydroxylation is 2. The van der Waals surface area contributed by atoms with Crippen molar-refractivity contribution in [2.75, 3.05) is 12.4 Å². The van der Waals surface area contributed by atoms with E-state index in [0.717, 1.165) is 39.1 Å². The maximum absolute atomic E-state index is 11.9. The lowest BCUT2D eigenvalue weighted by molar-refractivity contribution is -0.119. The maximum Gasteiger partial charge on any atom is 0.235 e. The zero-order valence-electron chi connectivity index (χ0n) is 22.3. The SMILES string of the molecule is Cc1cc(OCCC(C)(C)O)cc(C)c1-c1cccc(COc2ccc(C3CC(=O)NS(=O)(=O)C3)cc2)c1. The zero-order valence-corrected chi connectivity index (χ0v) is 23.1. The van der Waals surface area contributed by atoms with Crippen LogP contribution in [0.15, 0.2) is 60.7 Å². The van der Waals surface area contributed by atoms with Crippen LogP contribution in [0.25, 0.3) is 11.1 Å². The van der Waals surface area contributed by atoms with E-state index in [9.17, 15) is 18.3 Å². The van der Waals surface area contributed by atoms with Gasteiger partial charge >= 0.3 is 0 Å². The van der Waals surface area contributed by atoms with Crippen LogP contribution in [-0.4, -0.2) is 37.4 Å². The number of hydrogen-bond donors (Lipinski definition) is 2. The van der Waals surface area contributed by atoms with Crippen LogP contribution in [0.5, 0.6) is 11.5 Å². The largest absolute Gasteiger partial charge is 0.493 e. The highest BCUT2D eigenvalue weighted by Gasteiger charge is 2.30. The molecule has 7 nitrogen and oxygen atoms in total. The van der Waals surface area contributed by atoms with Crippen LogP contribution in [0.1, 0.15) is 54.9 Å². The molecule has 0 radical (unpaired) electrons. The molecule has 1 fully saturated rings. The molecule has 0 spiro atoms. The van der Waals surface area contributed by atoms with Crippen LogP contribution in [0.3, 0.4) is 0 Å². The number of nitrogens with one attached hydrogen (secondary N) is 1. The first-order valence-electron chi connectivity index (χ1n) is 12.7. The van der Waals surface area contributed by atoms with E-state index >= 15 is 0 Å². The van der Waals surface area contributed by atoms with Gasteiger partial charge in [0, 0.05) is 18.8 Å². The van der Waals surface area contributed by atoms with Crippen molar-refractivity contribution in [3.63, 3.8) is 0 Å². The Balaban J connectivity index is 1.41. The van der Waals surface area contributed by atoms with Gasteiger partial charge in [-0.2, -0.15) is 0 Å². The van der Waals surface area contributed by atoms with Crippen LogP contribution in [0.2, 0.25) is 0 Å². The fraction of sp³-hybridized carbons (Fsp3) is 0.367. The van der Waals surface area contributed by atoms with Crippen molar-refractivity contribution >= 4 is 15.9 Å². The van der Waals surface area contributed by atoms with Crippen molar-refractivity contribution in [1.82, 2.24) is 4.72 Å². The summed E-state index contributed by atoms with van der Waals surface area (Å²) < 4.78 is 37.6. The zero-order chi connectivity index (χ0) is 27.5. The molecular weight excluding hydrogens is 502 g/mol. The minimum absolute atomic E-state index is 0.0987. The standard InChI is InChI=1S/C30H35NO6S/c1-20-14-27(36-13-12-30(3,4)33)15-21(2)29(20)24-7-5-6-22(16-24)18-37-26-10-8-23(9-11-26)25-17-28(32)31-38(34,35)19-25/h5-11,14-16,25,33H,12-13,17-19H2,1-4H3,(H,31,32). The van der Waals surface area contributed by atoms with Crippen molar-refractivity contribution < 1.29 is 27.8 Å². The van der Waals surface area contributed by atoms with Gasteiger partial charge in [-0.3, -0.25) is 9.52 Å². The van der Waals surface area contributed by atoms with E-state index in [0.29, 0.717) is 25.4 Å². The first kappa shape index (κ1) is 27.7. The molecule has 1 aliphatic heterocycles. The number of carbonyl (C=O) groups excluding carboxylic acids is 1. The van der Waals surface area contributed by atoms with Crippen LogP contribution < -0.4 is 14.2 Å². The molecule has 1 aliphatic rings. The molecule has 1 atom stereocenters. The molecule has 1 unspecified atom stereocenters. The summed E-state index contributed by atoms with van der Waals surface area (Å²) in [6, 6.07) is 19.5. The molecule has 8 heteroatoms. The van der Waals surface area contributed by atoms with Crippen LogP contribution in [-0.2, 0) is 21.4 Å². The third kappa shape index (κ3) is 7.36. The van der Waals surface area contributed by atoms with E-state index in [2.05, 4.69) is 26.0 Å². The number of carbonyl (C=O) groups is 1. The lowest BCUT2D eigenvalue weighted by Crippen LogP contribution is -2.40. The van der Waals surface area contributed by atoms with Crippen LogP contribution in [0.4, 0.5) is 0 Å². The number of benzene rings is 3. The molecule has 202 valence electrons. The summed E-state index contributed by atoms with van der Waals surface area (Å²) in [4.78, 5) is 11.7. The summed E-state index contributed by atoms with van der Waals surface area (Å²) in [6.45, 7) is 8.51. The predicted octanol–water partition coefficient (Wildman–Crippen LogP) is 5.02. The van der Waals surface area contributed by atoms with Crippen molar-refractivity contribution in [3.8, 4) is 22.6 Å². The number of ether oxygens (including phenoxy) is 2. The fourth-order valence-corrected chi connectivity index (χ4v) is 6.07. The van der Waals surface area contributed by atoms with Gasteiger partial charge in [-0.1, -0.05) is 30.3 Å². The van der Waals surface area contributed by atoms with Crippen LogP contribution in [0, 0.1) is 13.8 Å². The van der Waals surface area contributed by atoms with E-state index < -0.39 is 21.5 Å². The van der Waals surface area contributed by atoms with Crippen molar-refractivity contribution in [2.24, 2.45) is 0 Å². The van der Waals surface area contributed by atoms with Gasteiger partial charge in [0.15, 0.2) is 0 Å². The highest BCUT2D eigenvalue weighted by molar-refractivity contribution is 7.90. The minimum Gasteiger partial charge on any atom is -0.493 e. The summed E-state index contributed by atoms with van der Waals surface area (Å²) in [5.41, 5.74) is 5.52. The maximum atomic E-state index is 11.9. The Kier molecular flexibility index (Phi) is 8.13. The quantitative estimate of drug-likeness (QED) is 0.397. The molecule has 1 heterocycles. The molecule has 0 aromatic heterocycles. The lowest BCUT2D eigenvalue weighted by atomic mass is 9.94. The van der Waals surface area contributed by atoms with Crippen LogP contribution >= 0.6 is 0 Å². The Morgan fingerprint density at radius 2 is 1.66 bits per heavy atom. The Morgan fingerprint density at radius 3 is 2.29 bits per heavy atom. The Labute approximate surface area is 224 Å². The van der Waals surface area contributed by atoms with Gasteiger partial charge in [-0.05, 0) is 91.4 Å². The summed E-state index contributed by atoms with van der Waals surface area (Å²) in [5, 5.41) is 9.91. The molecule has 0 aliphatic carbocycles. The minimum atomic E-state index is -3.58. The summed E-state index contributed by atoms with van der Waals surface area (Å²) in [6.07, 6.45) is 0.705. The second kappa shape index (κ2) is 11.2. The molecule has 0 bridgehead atoms. The average molecular weight is 538 g/mol. The first-order chi connectivity index (χ1) is 17.9. The molecule has 3 aromatic rings. The smallest absolute Gasteiger partial charge is 0.235 e. The second-order valence-electron chi connectivity index (χ2n) is 10.6. The molecule has 3 aromatic carbocycles. The predicted molar refractivity (Wildman–Crippen MR) is 148 cm³/mol. The number of amides is 1. The van der Waals surface area contributed by atoms with Gasteiger partial charge in [-0.15, -0.1) is 0 Å². The third-order valence-electron chi connectivity index (χ3n) is 6.58. The summed E-state index contributed by atoms with van der Waals surface area (Å²) in [5.74, 6) is 0.534. The van der Waals surface area contributed by atoms with Gasteiger partial charge in [0.1, 0.15) is 18.1 Å². The monoisotopic (exact) mass is 537 g/mol. The molecule has 38 heavy (non-hydrogen) atoms. The molecular formula is C30H35NO6S. The van der Waals surface area contributed by atoms with E-state index in [4.69, 9.17) is 9.47 Å². The molecule has 1 amide bonds. The average Bonchev–Trinajstić information content (AvgIpc) is 2.81. The Morgan fingerprint density at radius 1 is 0.974 bits per heavy atom. The Bertz CT molecular complexity index is 1380. The van der Waals surface area contributed by atoms with Gasteiger partial charge in [0.2, 0.25) is 15.9 Å². The third-order valence-corrected chi connectivity index (χ3v) is 7.96. The summed E-state index contributed by atoms with van der Waals surface area (Å²) >= 11 is 0. The molecule has 4 rings (SSSR count). The fourth-order valence-electron chi connectivity index (χ4n) is 4.72. The number of hydrogen-bond acceptors (Lipinski definition) is 6. The van der Waals surface area contributed by atoms with Gasteiger partial charge in [0.05, 0.1) is 18.0 Å². The lowest BCUT2D eigenvalue weighted by Gasteiger charge is -2.22. The van der Waals surface area contributed by atoms with Gasteiger partial charge in [0.25, 0.3) is 0 Å². The number of sulfonamides is 1. The molecule has 1 saturated heterocycles. The molecule has 2 N–H and O–H groups in total. The van der Waals surface area contributed by atoms with E-state index in [1.807, 2.05) is 53.3 Å². The van der Waals surface area contributed by atoms with Crippen molar-refractivity contribution in [3.05, 3.63) is 82.9 Å². The highest BCUT2D eigenvalue weighted by atomic mass is 32.2. The van der Waals surface area contributed by atoms with Gasteiger partial charge < -0.3 is 14.6 Å². The topological polar surface area (TPSA) is 102 Å². The normalized spacial score (nSPS) is 17.1. The van der Waals surface area contributed by atoms with E-state index in [-0.39, 0.29) is 18.1 Å². The highest BCUT2D eigenvalue weighted by Crippen LogP contribution is 2.32. The number of rotatable bonds is 9. The van der Waals surface area contributed by atoms with Gasteiger partial charge in [-0.25, -0.2) is 8.42 Å². The first-order valence-corrected chi connectivity index (χ1v) is 14.4. The summed E-state index contributed by atoms with van der Waals surface area (Å²) in [7, 11) is -3.58. The Hall–Kier alpha value is -3.36. The molecule has 0 saturated carbocycles. The van der Waals surface area contributed by atoms with Crippen molar-refractivity contribution in [2.45, 2.75) is 58.7 Å². The number of aliphatic hydroxyl groups is 1. The second-order valence-corrected chi connectivity index (χ2v) is 12.4. The van der Waals surface area contributed by atoms with E-state index in [1.54, 1.807) is 13.8 Å². The van der Waals surface area contributed by atoms with E-state index in [1.165, 1.54) is 0 Å². The van der Waals surface area contributed by atoms with Crippen molar-refractivity contribution in [1.29, 1.82) is 0 Å².